The second-order valence-corrected chi connectivity index (χ2v) is 5.47. The van der Waals surface area contributed by atoms with E-state index in [9.17, 15) is 8.42 Å². The quantitative estimate of drug-likeness (QED) is 0.559. The molecule has 0 bridgehead atoms. The molecule has 0 aromatic rings. The maximum absolute atomic E-state index is 11.6. The number of hydrogen-bond donors (Lipinski definition) is 3. The predicted octanol–water partition coefficient (Wildman–Crippen LogP) is -0.675. The first kappa shape index (κ1) is 13.9. The van der Waals surface area contributed by atoms with Gasteiger partial charge in [0.05, 0.1) is 12.1 Å². The Morgan fingerprint density at radius 3 is 2.62 bits per heavy atom. The van der Waals surface area contributed by atoms with E-state index in [1.165, 1.54) is 0 Å². The molecular formula is C9H21N3O3S. The Morgan fingerprint density at radius 1 is 1.44 bits per heavy atom. The van der Waals surface area contributed by atoms with E-state index in [0.29, 0.717) is 19.6 Å². The number of ether oxygens (including phenoxy) is 1. The standard InChI is InChI=1S/C9H21N3O3S/c1-3-5-11-16(13,14)12-9-7(10)6-8(9)15-4-2/h7-9,11-12H,3-6,10H2,1-2H3. The van der Waals surface area contributed by atoms with Crippen LogP contribution in [0.4, 0.5) is 0 Å². The smallest absolute Gasteiger partial charge is 0.277 e. The summed E-state index contributed by atoms with van der Waals surface area (Å²) in [6.07, 6.45) is 1.36. The van der Waals surface area contributed by atoms with E-state index in [-0.39, 0.29) is 18.2 Å². The molecular weight excluding hydrogens is 230 g/mol. The van der Waals surface area contributed by atoms with Gasteiger partial charge in [0, 0.05) is 19.2 Å². The van der Waals surface area contributed by atoms with Crippen LogP contribution < -0.4 is 15.2 Å². The number of nitrogens with two attached hydrogens (primary N) is 1. The topological polar surface area (TPSA) is 93.5 Å². The summed E-state index contributed by atoms with van der Waals surface area (Å²) in [5.74, 6) is 0. The Balaban J connectivity index is 2.45. The molecule has 7 heteroatoms. The SMILES string of the molecule is CCCNS(=O)(=O)NC1C(N)CC1OCC. The van der Waals surface area contributed by atoms with Crippen LogP contribution in [0.2, 0.25) is 0 Å². The third kappa shape index (κ3) is 3.67. The van der Waals surface area contributed by atoms with Gasteiger partial charge in [-0.2, -0.15) is 13.1 Å². The molecule has 3 atom stereocenters. The summed E-state index contributed by atoms with van der Waals surface area (Å²) >= 11 is 0. The Bertz CT molecular complexity index is 305. The van der Waals surface area contributed by atoms with Crippen LogP contribution in [0.3, 0.4) is 0 Å². The van der Waals surface area contributed by atoms with E-state index >= 15 is 0 Å². The lowest BCUT2D eigenvalue weighted by molar-refractivity contribution is -0.0249. The van der Waals surface area contributed by atoms with E-state index in [0.717, 1.165) is 6.42 Å². The molecule has 6 nitrogen and oxygen atoms in total. The first-order valence-electron chi connectivity index (χ1n) is 5.64. The van der Waals surface area contributed by atoms with Gasteiger partial charge in [0.2, 0.25) is 0 Å². The summed E-state index contributed by atoms with van der Waals surface area (Å²) in [5, 5.41) is 0. The molecule has 3 unspecified atom stereocenters. The average Bonchev–Trinajstić information content (AvgIpc) is 2.24. The second-order valence-electron chi connectivity index (χ2n) is 3.93. The molecule has 0 heterocycles. The molecule has 16 heavy (non-hydrogen) atoms. The fraction of sp³-hybridized carbons (Fsp3) is 1.00. The van der Waals surface area contributed by atoms with Gasteiger partial charge in [-0.15, -0.1) is 0 Å². The highest BCUT2D eigenvalue weighted by Gasteiger charge is 2.41. The molecule has 1 fully saturated rings. The summed E-state index contributed by atoms with van der Waals surface area (Å²) < 4.78 is 33.5. The van der Waals surface area contributed by atoms with Crippen molar-refractivity contribution in [2.24, 2.45) is 5.73 Å². The van der Waals surface area contributed by atoms with Crippen LogP contribution in [0, 0.1) is 0 Å². The van der Waals surface area contributed by atoms with Crippen LogP contribution in [0.25, 0.3) is 0 Å². The molecule has 0 aromatic heterocycles. The summed E-state index contributed by atoms with van der Waals surface area (Å²) in [6.45, 7) is 4.78. The van der Waals surface area contributed by atoms with Gasteiger partial charge < -0.3 is 10.5 Å². The summed E-state index contributed by atoms with van der Waals surface area (Å²) in [6, 6.07) is -0.468. The van der Waals surface area contributed by atoms with Crippen molar-refractivity contribution in [1.82, 2.24) is 9.44 Å². The van der Waals surface area contributed by atoms with Crippen LogP contribution in [0.15, 0.2) is 0 Å². The molecule has 0 radical (unpaired) electrons. The molecule has 1 aliphatic rings. The van der Waals surface area contributed by atoms with Crippen LogP contribution in [-0.4, -0.2) is 39.8 Å². The van der Waals surface area contributed by atoms with Crippen molar-refractivity contribution in [2.45, 2.75) is 44.9 Å². The van der Waals surface area contributed by atoms with Crippen LogP contribution in [-0.2, 0) is 14.9 Å². The fourth-order valence-corrected chi connectivity index (χ4v) is 2.89. The zero-order valence-corrected chi connectivity index (χ0v) is 10.6. The van der Waals surface area contributed by atoms with Gasteiger partial charge in [-0.3, -0.25) is 0 Å². The van der Waals surface area contributed by atoms with Gasteiger partial charge in [0.25, 0.3) is 10.2 Å². The summed E-state index contributed by atoms with van der Waals surface area (Å²) in [5.41, 5.74) is 5.74. The molecule has 0 saturated heterocycles. The minimum Gasteiger partial charge on any atom is -0.377 e. The molecule has 0 aromatic carbocycles. The minimum absolute atomic E-state index is 0.0989. The minimum atomic E-state index is -3.45. The molecule has 4 N–H and O–H groups in total. The number of hydrogen-bond acceptors (Lipinski definition) is 4. The fourth-order valence-electron chi connectivity index (χ4n) is 1.65. The molecule has 1 aliphatic carbocycles. The summed E-state index contributed by atoms with van der Waals surface area (Å²) in [4.78, 5) is 0. The first-order chi connectivity index (χ1) is 7.50. The third-order valence-electron chi connectivity index (χ3n) is 2.58. The Morgan fingerprint density at radius 2 is 2.12 bits per heavy atom. The van der Waals surface area contributed by atoms with Crippen molar-refractivity contribution in [1.29, 1.82) is 0 Å². The highest BCUT2D eigenvalue weighted by molar-refractivity contribution is 7.87. The van der Waals surface area contributed by atoms with Crippen molar-refractivity contribution < 1.29 is 13.2 Å². The molecule has 96 valence electrons. The van der Waals surface area contributed by atoms with Crippen LogP contribution in [0.1, 0.15) is 26.7 Å². The Hall–Kier alpha value is -0.210. The van der Waals surface area contributed by atoms with Gasteiger partial charge >= 0.3 is 0 Å². The lowest BCUT2D eigenvalue weighted by atomic mass is 9.84. The highest BCUT2D eigenvalue weighted by atomic mass is 32.2. The second kappa shape index (κ2) is 5.92. The molecule has 1 saturated carbocycles. The number of nitrogens with one attached hydrogen (secondary N) is 2. The summed E-state index contributed by atoms with van der Waals surface area (Å²) in [7, 11) is -3.45. The van der Waals surface area contributed by atoms with Crippen molar-refractivity contribution >= 4 is 10.2 Å². The molecule has 0 amide bonds. The van der Waals surface area contributed by atoms with Gasteiger partial charge in [-0.1, -0.05) is 6.92 Å². The lowest BCUT2D eigenvalue weighted by Gasteiger charge is -2.42. The Kier molecular flexibility index (Phi) is 5.13. The normalized spacial score (nSPS) is 30.1. The van der Waals surface area contributed by atoms with Gasteiger partial charge in [0.15, 0.2) is 0 Å². The molecule has 0 aliphatic heterocycles. The monoisotopic (exact) mass is 251 g/mol. The van der Waals surface area contributed by atoms with Crippen molar-refractivity contribution in [2.75, 3.05) is 13.2 Å². The van der Waals surface area contributed by atoms with Gasteiger partial charge in [-0.05, 0) is 19.8 Å². The van der Waals surface area contributed by atoms with E-state index in [1.807, 2.05) is 13.8 Å². The third-order valence-corrected chi connectivity index (χ3v) is 3.75. The predicted molar refractivity (Wildman–Crippen MR) is 62.1 cm³/mol. The zero-order chi connectivity index (χ0) is 12.2. The largest absolute Gasteiger partial charge is 0.377 e. The van der Waals surface area contributed by atoms with Crippen LogP contribution >= 0.6 is 0 Å². The maximum Gasteiger partial charge on any atom is 0.277 e. The van der Waals surface area contributed by atoms with Gasteiger partial charge in [-0.25, -0.2) is 4.72 Å². The Labute approximate surface area is 97.1 Å². The highest BCUT2D eigenvalue weighted by Crippen LogP contribution is 2.22. The maximum atomic E-state index is 11.6. The van der Waals surface area contributed by atoms with Crippen molar-refractivity contribution in [3.8, 4) is 0 Å². The lowest BCUT2D eigenvalue weighted by Crippen LogP contribution is -2.65. The van der Waals surface area contributed by atoms with E-state index in [4.69, 9.17) is 10.5 Å². The van der Waals surface area contributed by atoms with E-state index in [1.54, 1.807) is 0 Å². The van der Waals surface area contributed by atoms with Crippen molar-refractivity contribution in [3.63, 3.8) is 0 Å². The van der Waals surface area contributed by atoms with Crippen LogP contribution in [0.5, 0.6) is 0 Å². The van der Waals surface area contributed by atoms with E-state index < -0.39 is 10.2 Å². The zero-order valence-electron chi connectivity index (χ0n) is 9.77. The molecule has 1 rings (SSSR count). The first-order valence-corrected chi connectivity index (χ1v) is 7.12. The van der Waals surface area contributed by atoms with Crippen molar-refractivity contribution in [3.05, 3.63) is 0 Å². The number of rotatable bonds is 7. The van der Waals surface area contributed by atoms with E-state index in [2.05, 4.69) is 9.44 Å². The van der Waals surface area contributed by atoms with Gasteiger partial charge in [0.1, 0.15) is 0 Å². The average molecular weight is 251 g/mol. The molecule has 0 spiro atoms.